The van der Waals surface area contributed by atoms with Crippen LogP contribution in [0.3, 0.4) is 0 Å². The fourth-order valence-electron chi connectivity index (χ4n) is 2.07. The van der Waals surface area contributed by atoms with Crippen LogP contribution >= 0.6 is 27.3 Å². The predicted octanol–water partition coefficient (Wildman–Crippen LogP) is 4.70. The summed E-state index contributed by atoms with van der Waals surface area (Å²) in [4.78, 5) is 5.55. The minimum atomic E-state index is 0.210. The summed E-state index contributed by atoms with van der Waals surface area (Å²) in [5, 5.41) is 3.52. The van der Waals surface area contributed by atoms with Gasteiger partial charge in [-0.05, 0) is 38.5 Å². The van der Waals surface area contributed by atoms with E-state index in [1.165, 1.54) is 4.88 Å². The summed E-state index contributed by atoms with van der Waals surface area (Å²) in [5.74, 6) is 0.848. The first-order valence-corrected chi connectivity index (χ1v) is 7.71. The Labute approximate surface area is 126 Å². The van der Waals surface area contributed by atoms with Crippen molar-refractivity contribution in [1.29, 1.82) is 0 Å². The largest absolute Gasteiger partial charge is 0.495 e. The number of rotatable bonds is 4. The summed E-state index contributed by atoms with van der Waals surface area (Å²) in [6.07, 6.45) is 0. The van der Waals surface area contributed by atoms with E-state index in [4.69, 9.17) is 4.74 Å². The Morgan fingerprint density at radius 3 is 2.68 bits per heavy atom. The van der Waals surface area contributed by atoms with Gasteiger partial charge in [0.2, 0.25) is 0 Å². The number of benzene rings is 1. The molecule has 1 unspecified atom stereocenters. The molecule has 1 aromatic heterocycles. The number of nitrogens with one attached hydrogen (secondary N) is 1. The normalized spacial score (nSPS) is 12.3. The number of aryl methyl sites for hydroxylation is 2. The molecule has 3 nitrogen and oxygen atoms in total. The van der Waals surface area contributed by atoms with Gasteiger partial charge in [-0.1, -0.05) is 15.9 Å². The quantitative estimate of drug-likeness (QED) is 0.875. The third-order valence-corrected chi connectivity index (χ3v) is 4.59. The van der Waals surface area contributed by atoms with Gasteiger partial charge in [0.15, 0.2) is 0 Å². The topological polar surface area (TPSA) is 34.1 Å². The Morgan fingerprint density at radius 1 is 1.37 bits per heavy atom. The van der Waals surface area contributed by atoms with Crippen molar-refractivity contribution in [3.05, 3.63) is 38.3 Å². The summed E-state index contributed by atoms with van der Waals surface area (Å²) in [5.41, 5.74) is 5.15. The lowest BCUT2D eigenvalue weighted by atomic mass is 10.1. The van der Waals surface area contributed by atoms with Crippen LogP contribution in [0.1, 0.15) is 29.1 Å². The van der Waals surface area contributed by atoms with Crippen molar-refractivity contribution in [2.24, 2.45) is 0 Å². The molecule has 0 fully saturated rings. The molecule has 1 aromatic carbocycles. The van der Waals surface area contributed by atoms with E-state index in [9.17, 15) is 0 Å². The first kappa shape index (κ1) is 14.3. The Bertz CT molecular complexity index is 583. The van der Waals surface area contributed by atoms with Crippen LogP contribution in [0.15, 0.2) is 22.1 Å². The second-order valence-corrected chi connectivity index (χ2v) is 6.27. The third kappa shape index (κ3) is 3.09. The summed E-state index contributed by atoms with van der Waals surface area (Å²) in [6.45, 7) is 6.25. The lowest BCUT2D eigenvalue weighted by molar-refractivity contribution is 0.415. The van der Waals surface area contributed by atoms with E-state index >= 15 is 0 Å². The van der Waals surface area contributed by atoms with E-state index in [1.807, 2.05) is 18.5 Å². The van der Waals surface area contributed by atoms with Crippen molar-refractivity contribution in [3.63, 3.8) is 0 Å². The van der Waals surface area contributed by atoms with Crippen molar-refractivity contribution in [3.8, 4) is 5.75 Å². The number of ether oxygens (including phenoxy) is 1. The molecule has 0 aliphatic rings. The van der Waals surface area contributed by atoms with Crippen molar-refractivity contribution in [2.45, 2.75) is 26.8 Å². The molecule has 1 atom stereocenters. The van der Waals surface area contributed by atoms with Gasteiger partial charge in [-0.25, -0.2) is 4.98 Å². The van der Waals surface area contributed by atoms with Crippen molar-refractivity contribution >= 4 is 33.0 Å². The van der Waals surface area contributed by atoms with Gasteiger partial charge >= 0.3 is 0 Å². The zero-order valence-electron chi connectivity index (χ0n) is 11.5. The molecule has 0 radical (unpaired) electrons. The molecule has 0 spiro atoms. The maximum atomic E-state index is 5.45. The molecule has 2 rings (SSSR count). The number of halogens is 1. The smallest absolute Gasteiger partial charge is 0.143 e. The molecule has 1 N–H and O–H groups in total. The summed E-state index contributed by atoms with van der Waals surface area (Å²) >= 11 is 5.16. The maximum absolute atomic E-state index is 5.45. The van der Waals surface area contributed by atoms with Gasteiger partial charge in [-0.3, -0.25) is 0 Å². The van der Waals surface area contributed by atoms with Crippen LogP contribution in [0.25, 0.3) is 0 Å². The Balaban J connectivity index is 2.31. The molecule has 102 valence electrons. The second kappa shape index (κ2) is 5.92. The number of methoxy groups -OCH3 is 1. The lowest BCUT2D eigenvalue weighted by Crippen LogP contribution is -2.08. The third-order valence-electron chi connectivity index (χ3n) is 3.02. The molecule has 0 bridgehead atoms. The van der Waals surface area contributed by atoms with Gasteiger partial charge in [0.05, 0.1) is 30.0 Å². The van der Waals surface area contributed by atoms with E-state index in [2.05, 4.69) is 46.1 Å². The number of hydrogen-bond donors (Lipinski definition) is 1. The molecule has 5 heteroatoms. The van der Waals surface area contributed by atoms with Gasteiger partial charge in [0, 0.05) is 9.35 Å². The van der Waals surface area contributed by atoms with E-state index in [0.29, 0.717) is 0 Å². The average Bonchev–Trinajstić information content (AvgIpc) is 2.78. The van der Waals surface area contributed by atoms with Crippen molar-refractivity contribution in [2.75, 3.05) is 12.4 Å². The number of nitrogens with zero attached hydrogens (tertiary/aromatic N) is 1. The first-order chi connectivity index (χ1) is 9.02. The Morgan fingerprint density at radius 2 is 2.11 bits per heavy atom. The van der Waals surface area contributed by atoms with E-state index < -0.39 is 0 Å². The van der Waals surface area contributed by atoms with Gasteiger partial charge in [0.1, 0.15) is 5.75 Å². The number of thiazole rings is 1. The zero-order chi connectivity index (χ0) is 14.0. The summed E-state index contributed by atoms with van der Waals surface area (Å²) in [6, 6.07) is 4.26. The van der Waals surface area contributed by atoms with E-state index in [0.717, 1.165) is 27.2 Å². The Hall–Kier alpha value is -1.07. The SMILES string of the molecule is COc1cc(Br)cc(C)c1NC(C)c1scnc1C. The van der Waals surface area contributed by atoms with Crippen LogP contribution < -0.4 is 10.1 Å². The molecule has 1 heterocycles. The standard InChI is InChI=1S/C14H17BrN2OS/c1-8-5-11(15)6-12(18-4)13(8)17-10(3)14-9(2)16-7-19-14/h5-7,10,17H,1-4H3. The van der Waals surface area contributed by atoms with Crippen LogP contribution in [0.5, 0.6) is 5.75 Å². The summed E-state index contributed by atoms with van der Waals surface area (Å²) in [7, 11) is 1.69. The predicted molar refractivity (Wildman–Crippen MR) is 84.3 cm³/mol. The van der Waals surface area contributed by atoms with Crippen molar-refractivity contribution in [1.82, 2.24) is 4.98 Å². The highest BCUT2D eigenvalue weighted by molar-refractivity contribution is 9.10. The molecule has 0 amide bonds. The highest BCUT2D eigenvalue weighted by Crippen LogP contribution is 2.35. The van der Waals surface area contributed by atoms with E-state index in [1.54, 1.807) is 18.4 Å². The van der Waals surface area contributed by atoms with Crippen molar-refractivity contribution < 1.29 is 4.74 Å². The Kier molecular flexibility index (Phi) is 4.47. The second-order valence-electron chi connectivity index (χ2n) is 4.47. The molecule has 0 aliphatic carbocycles. The minimum Gasteiger partial charge on any atom is -0.495 e. The molecular weight excluding hydrogens is 324 g/mol. The van der Waals surface area contributed by atoms with Crippen LogP contribution in [0.4, 0.5) is 5.69 Å². The van der Waals surface area contributed by atoms with Crippen LogP contribution in [0.2, 0.25) is 0 Å². The molecule has 19 heavy (non-hydrogen) atoms. The lowest BCUT2D eigenvalue weighted by Gasteiger charge is -2.19. The molecular formula is C14H17BrN2OS. The molecule has 2 aromatic rings. The fraction of sp³-hybridized carbons (Fsp3) is 0.357. The molecule has 0 saturated carbocycles. The fourth-order valence-corrected chi connectivity index (χ4v) is 3.43. The van der Waals surface area contributed by atoms with E-state index in [-0.39, 0.29) is 6.04 Å². The number of hydrogen-bond acceptors (Lipinski definition) is 4. The van der Waals surface area contributed by atoms with Gasteiger partial charge in [-0.2, -0.15) is 0 Å². The minimum absolute atomic E-state index is 0.210. The monoisotopic (exact) mass is 340 g/mol. The van der Waals surface area contributed by atoms with Crippen LogP contribution in [0, 0.1) is 13.8 Å². The highest BCUT2D eigenvalue weighted by atomic mass is 79.9. The van der Waals surface area contributed by atoms with Gasteiger partial charge in [-0.15, -0.1) is 11.3 Å². The molecule has 0 aliphatic heterocycles. The first-order valence-electron chi connectivity index (χ1n) is 6.03. The maximum Gasteiger partial charge on any atom is 0.143 e. The zero-order valence-corrected chi connectivity index (χ0v) is 13.9. The molecule has 0 saturated heterocycles. The average molecular weight is 341 g/mol. The van der Waals surface area contributed by atoms with Gasteiger partial charge in [0.25, 0.3) is 0 Å². The van der Waals surface area contributed by atoms with Crippen LogP contribution in [-0.2, 0) is 0 Å². The number of anilines is 1. The van der Waals surface area contributed by atoms with Crippen LogP contribution in [-0.4, -0.2) is 12.1 Å². The summed E-state index contributed by atoms with van der Waals surface area (Å²) < 4.78 is 6.47. The van der Waals surface area contributed by atoms with Gasteiger partial charge < -0.3 is 10.1 Å². The number of aromatic nitrogens is 1. The highest BCUT2D eigenvalue weighted by Gasteiger charge is 2.15.